The average molecular weight is 359 g/mol. The van der Waals surface area contributed by atoms with Gasteiger partial charge in [0, 0.05) is 13.1 Å². The Hall–Kier alpha value is -2.08. The predicted octanol–water partition coefficient (Wildman–Crippen LogP) is 2.72. The van der Waals surface area contributed by atoms with E-state index in [0.717, 1.165) is 50.2 Å². The number of hydrogen-bond donors (Lipinski definition) is 0. The van der Waals surface area contributed by atoms with Crippen LogP contribution < -0.4 is 4.74 Å². The maximum atomic E-state index is 12.5. The summed E-state index contributed by atoms with van der Waals surface area (Å²) in [6, 6.07) is 7.32. The minimum Gasteiger partial charge on any atom is -0.492 e. The van der Waals surface area contributed by atoms with Gasteiger partial charge in [0.15, 0.2) is 0 Å². The fraction of sp³-hybridized carbons (Fsp3) is 0.600. The number of ether oxygens (including phenoxy) is 1. The minimum atomic E-state index is -0.237. The van der Waals surface area contributed by atoms with E-state index in [4.69, 9.17) is 4.74 Å². The molecule has 2 aliphatic rings. The van der Waals surface area contributed by atoms with Crippen molar-refractivity contribution in [3.63, 3.8) is 0 Å². The van der Waals surface area contributed by atoms with Crippen molar-refractivity contribution in [2.45, 2.75) is 45.7 Å². The van der Waals surface area contributed by atoms with Gasteiger partial charge in [0.25, 0.3) is 5.91 Å². The molecular weight excluding hydrogens is 330 g/mol. The van der Waals surface area contributed by atoms with Crippen molar-refractivity contribution >= 4 is 11.9 Å². The van der Waals surface area contributed by atoms with Crippen LogP contribution in [0.5, 0.6) is 5.75 Å². The van der Waals surface area contributed by atoms with Gasteiger partial charge in [0.05, 0.1) is 6.54 Å². The first kappa shape index (κ1) is 18.7. The summed E-state index contributed by atoms with van der Waals surface area (Å²) in [5, 5.41) is 0. The van der Waals surface area contributed by atoms with Crippen molar-refractivity contribution in [1.82, 2.24) is 14.7 Å². The average Bonchev–Trinajstić information content (AvgIpc) is 2.92. The van der Waals surface area contributed by atoms with Crippen LogP contribution in [0, 0.1) is 0 Å². The van der Waals surface area contributed by atoms with Crippen LogP contribution in [0.3, 0.4) is 0 Å². The monoisotopic (exact) mass is 359 g/mol. The largest absolute Gasteiger partial charge is 0.492 e. The molecule has 2 saturated heterocycles. The summed E-state index contributed by atoms with van der Waals surface area (Å²) in [4.78, 5) is 30.4. The maximum absolute atomic E-state index is 12.5. The molecule has 0 bridgehead atoms. The summed E-state index contributed by atoms with van der Waals surface area (Å²) >= 11 is 0. The molecule has 1 aromatic rings. The smallest absolute Gasteiger partial charge is 0.327 e. The molecule has 0 saturated carbocycles. The number of imide groups is 1. The fourth-order valence-electron chi connectivity index (χ4n) is 3.70. The molecule has 0 spiro atoms. The summed E-state index contributed by atoms with van der Waals surface area (Å²) < 4.78 is 5.79. The summed E-state index contributed by atoms with van der Waals surface area (Å²) in [6.45, 7) is 8.93. The third kappa shape index (κ3) is 4.01. The summed E-state index contributed by atoms with van der Waals surface area (Å²) in [5.41, 5.74) is 0.947. The number of carbonyl (C=O) groups is 2. The number of benzene rings is 1. The molecule has 3 rings (SSSR count). The number of fused-ring (bicyclic) bond motifs is 1. The Balaban J connectivity index is 1.54. The number of piperidine rings is 1. The summed E-state index contributed by atoms with van der Waals surface area (Å²) in [5.74, 6) is 0.770. The van der Waals surface area contributed by atoms with E-state index >= 15 is 0 Å². The summed E-state index contributed by atoms with van der Waals surface area (Å²) in [7, 11) is 0. The molecule has 1 atom stereocenters. The second-order valence-corrected chi connectivity index (χ2v) is 6.93. The van der Waals surface area contributed by atoms with Crippen molar-refractivity contribution in [3.05, 3.63) is 29.8 Å². The van der Waals surface area contributed by atoms with Gasteiger partial charge in [-0.1, -0.05) is 26.0 Å². The molecule has 2 aliphatic heterocycles. The van der Waals surface area contributed by atoms with Crippen molar-refractivity contribution in [2.24, 2.45) is 0 Å². The van der Waals surface area contributed by atoms with Crippen LogP contribution in [-0.4, -0.2) is 65.5 Å². The third-order valence-corrected chi connectivity index (χ3v) is 5.37. The minimum absolute atomic E-state index is 0.0470. The lowest BCUT2D eigenvalue weighted by Crippen LogP contribution is -2.38. The molecule has 2 heterocycles. The number of amides is 3. The predicted molar refractivity (Wildman–Crippen MR) is 100 cm³/mol. The van der Waals surface area contributed by atoms with Gasteiger partial charge in [-0.3, -0.25) is 9.69 Å². The Kier molecular flexibility index (Phi) is 6.14. The first-order valence-electron chi connectivity index (χ1n) is 9.70. The van der Waals surface area contributed by atoms with Crippen molar-refractivity contribution in [3.8, 4) is 5.75 Å². The van der Waals surface area contributed by atoms with Crippen LogP contribution in [0.1, 0.15) is 38.7 Å². The highest BCUT2D eigenvalue weighted by atomic mass is 16.5. The molecule has 2 fully saturated rings. The number of nitrogens with zero attached hydrogens (tertiary/aromatic N) is 3. The van der Waals surface area contributed by atoms with E-state index in [1.807, 2.05) is 24.3 Å². The van der Waals surface area contributed by atoms with Gasteiger partial charge in [0.1, 0.15) is 18.4 Å². The standard InChI is InChI=1S/C20H29N3O3/c1-3-21(4-2)13-14-26-17-10-8-16(9-11-17)15-23-19(24)18-7-5-6-12-22(18)20(23)25/h8-11,18H,3-7,12-15H2,1-2H3/t18-/m0/s1. The Morgan fingerprint density at radius 1 is 1.12 bits per heavy atom. The number of carbonyl (C=O) groups excluding carboxylic acids is 2. The highest BCUT2D eigenvalue weighted by Crippen LogP contribution is 2.28. The van der Waals surface area contributed by atoms with Crippen molar-refractivity contribution in [2.75, 3.05) is 32.8 Å². The van der Waals surface area contributed by atoms with Crippen LogP contribution in [-0.2, 0) is 11.3 Å². The Labute approximate surface area is 155 Å². The molecule has 142 valence electrons. The molecule has 1 aromatic carbocycles. The lowest BCUT2D eigenvalue weighted by molar-refractivity contribution is -0.129. The molecule has 6 heteroatoms. The Morgan fingerprint density at radius 2 is 1.85 bits per heavy atom. The van der Waals surface area contributed by atoms with Gasteiger partial charge < -0.3 is 14.5 Å². The summed E-state index contributed by atoms with van der Waals surface area (Å²) in [6.07, 6.45) is 2.80. The van der Waals surface area contributed by atoms with Gasteiger partial charge in [-0.05, 0) is 50.0 Å². The quantitative estimate of drug-likeness (QED) is 0.670. The molecular formula is C20H29N3O3. The molecule has 0 unspecified atom stereocenters. The molecule has 0 aliphatic carbocycles. The van der Waals surface area contributed by atoms with Gasteiger partial charge in [0.2, 0.25) is 0 Å². The van der Waals surface area contributed by atoms with E-state index in [9.17, 15) is 9.59 Å². The van der Waals surface area contributed by atoms with Crippen LogP contribution in [0.4, 0.5) is 4.79 Å². The van der Waals surface area contributed by atoms with Crippen LogP contribution in [0.25, 0.3) is 0 Å². The maximum Gasteiger partial charge on any atom is 0.327 e. The van der Waals surface area contributed by atoms with Crippen LogP contribution in [0.15, 0.2) is 24.3 Å². The lowest BCUT2D eigenvalue weighted by atomic mass is 10.0. The first-order valence-corrected chi connectivity index (χ1v) is 9.70. The topological polar surface area (TPSA) is 53.1 Å². The lowest BCUT2D eigenvalue weighted by Gasteiger charge is -2.26. The zero-order valence-corrected chi connectivity index (χ0v) is 15.8. The van der Waals surface area contributed by atoms with E-state index in [-0.39, 0.29) is 18.0 Å². The molecule has 0 radical (unpaired) electrons. The van der Waals surface area contributed by atoms with E-state index in [2.05, 4.69) is 18.7 Å². The zero-order valence-electron chi connectivity index (χ0n) is 15.8. The highest BCUT2D eigenvalue weighted by Gasteiger charge is 2.45. The number of likely N-dealkylation sites (N-methyl/N-ethyl adjacent to an activating group) is 1. The van der Waals surface area contributed by atoms with Gasteiger partial charge >= 0.3 is 6.03 Å². The van der Waals surface area contributed by atoms with Gasteiger partial charge in [-0.2, -0.15) is 0 Å². The number of hydrogen-bond acceptors (Lipinski definition) is 4. The van der Waals surface area contributed by atoms with E-state index in [1.54, 1.807) is 4.90 Å². The molecule has 3 amide bonds. The fourth-order valence-corrected chi connectivity index (χ4v) is 3.70. The first-order chi connectivity index (χ1) is 12.6. The normalized spacial score (nSPS) is 20.0. The molecule has 26 heavy (non-hydrogen) atoms. The van der Waals surface area contributed by atoms with E-state index in [1.165, 1.54) is 4.90 Å². The highest BCUT2D eigenvalue weighted by molar-refractivity contribution is 6.04. The third-order valence-electron chi connectivity index (χ3n) is 5.37. The molecule has 6 nitrogen and oxygen atoms in total. The van der Waals surface area contributed by atoms with E-state index < -0.39 is 0 Å². The van der Waals surface area contributed by atoms with Crippen molar-refractivity contribution in [1.29, 1.82) is 0 Å². The van der Waals surface area contributed by atoms with E-state index in [0.29, 0.717) is 19.7 Å². The second kappa shape index (κ2) is 8.54. The Bertz CT molecular complexity index is 604. The van der Waals surface area contributed by atoms with Crippen molar-refractivity contribution < 1.29 is 14.3 Å². The SMILES string of the molecule is CCN(CC)CCOc1ccc(CN2C(=O)[C@@H]3CCCCN3C2=O)cc1. The van der Waals surface area contributed by atoms with Crippen LogP contribution >= 0.6 is 0 Å². The van der Waals surface area contributed by atoms with Gasteiger partial charge in [-0.25, -0.2) is 4.79 Å². The van der Waals surface area contributed by atoms with Gasteiger partial charge in [-0.15, -0.1) is 0 Å². The molecule has 0 aromatic heterocycles. The Morgan fingerprint density at radius 3 is 2.50 bits per heavy atom. The van der Waals surface area contributed by atoms with Crippen LogP contribution in [0.2, 0.25) is 0 Å². The number of rotatable bonds is 8. The number of urea groups is 1. The second-order valence-electron chi connectivity index (χ2n) is 6.93. The zero-order chi connectivity index (χ0) is 18.5. The molecule has 0 N–H and O–H groups in total.